The van der Waals surface area contributed by atoms with Gasteiger partial charge in [-0.15, -0.1) is 5.73 Å². The summed E-state index contributed by atoms with van der Waals surface area (Å²) in [5.74, 6) is 0. The summed E-state index contributed by atoms with van der Waals surface area (Å²) in [4.78, 5) is 2.30. The minimum atomic E-state index is 0.983. The Morgan fingerprint density at radius 1 is 1.44 bits per heavy atom. The SMILES string of the molecule is C=C=CCN(CC)CC. The van der Waals surface area contributed by atoms with E-state index in [9.17, 15) is 0 Å². The highest BCUT2D eigenvalue weighted by Gasteiger charge is 1.91. The van der Waals surface area contributed by atoms with E-state index in [4.69, 9.17) is 0 Å². The summed E-state index contributed by atoms with van der Waals surface area (Å²) in [6.45, 7) is 11.0. The van der Waals surface area contributed by atoms with E-state index in [-0.39, 0.29) is 0 Å². The number of likely N-dealkylation sites (N-methyl/N-ethyl adjacent to an activating group) is 1. The molecule has 1 nitrogen and oxygen atoms in total. The minimum absolute atomic E-state index is 0.983. The monoisotopic (exact) mass is 125 g/mol. The van der Waals surface area contributed by atoms with Gasteiger partial charge in [0, 0.05) is 6.54 Å². The Hall–Kier alpha value is -0.520. The zero-order chi connectivity index (χ0) is 7.11. The third-order valence-electron chi connectivity index (χ3n) is 1.39. The first-order valence-electron chi connectivity index (χ1n) is 3.41. The van der Waals surface area contributed by atoms with Crippen molar-refractivity contribution in [3.05, 3.63) is 18.4 Å². The van der Waals surface area contributed by atoms with Gasteiger partial charge in [-0.1, -0.05) is 20.4 Å². The number of hydrogen-bond acceptors (Lipinski definition) is 1. The molecule has 0 amide bonds. The average molecular weight is 125 g/mol. The molecule has 0 aromatic heterocycles. The predicted octanol–water partition coefficient (Wildman–Crippen LogP) is 1.67. The van der Waals surface area contributed by atoms with Crippen LogP contribution in [0.15, 0.2) is 18.4 Å². The van der Waals surface area contributed by atoms with E-state index in [0.717, 1.165) is 19.6 Å². The van der Waals surface area contributed by atoms with Crippen LogP contribution in [0.5, 0.6) is 0 Å². The van der Waals surface area contributed by atoms with E-state index >= 15 is 0 Å². The summed E-state index contributed by atoms with van der Waals surface area (Å²) >= 11 is 0. The Labute approximate surface area is 57.7 Å². The molecular weight excluding hydrogens is 110 g/mol. The van der Waals surface area contributed by atoms with E-state index in [1.54, 1.807) is 0 Å². The molecule has 0 aromatic rings. The average Bonchev–Trinajstić information content (AvgIpc) is 1.91. The lowest BCUT2D eigenvalue weighted by Crippen LogP contribution is -2.22. The minimum Gasteiger partial charge on any atom is -0.300 e. The fourth-order valence-electron chi connectivity index (χ4n) is 0.675. The molecule has 0 N–H and O–H groups in total. The summed E-state index contributed by atoms with van der Waals surface area (Å²) in [6, 6.07) is 0. The van der Waals surface area contributed by atoms with Gasteiger partial charge in [0.05, 0.1) is 0 Å². The van der Waals surface area contributed by atoms with Gasteiger partial charge >= 0.3 is 0 Å². The number of rotatable bonds is 4. The molecule has 0 spiro atoms. The van der Waals surface area contributed by atoms with Gasteiger partial charge in [-0.3, -0.25) is 4.90 Å². The molecule has 0 saturated carbocycles. The lowest BCUT2D eigenvalue weighted by Gasteiger charge is -2.13. The van der Waals surface area contributed by atoms with Crippen LogP contribution in [0.4, 0.5) is 0 Å². The lowest BCUT2D eigenvalue weighted by molar-refractivity contribution is 0.337. The van der Waals surface area contributed by atoms with Crippen LogP contribution < -0.4 is 0 Å². The van der Waals surface area contributed by atoms with Crippen LogP contribution in [-0.4, -0.2) is 24.5 Å². The van der Waals surface area contributed by atoms with E-state index in [1.807, 2.05) is 6.08 Å². The van der Waals surface area contributed by atoms with Crippen LogP contribution in [0.25, 0.3) is 0 Å². The molecule has 9 heavy (non-hydrogen) atoms. The van der Waals surface area contributed by atoms with Gasteiger partial charge in [0.15, 0.2) is 0 Å². The summed E-state index contributed by atoms with van der Waals surface area (Å²) in [6.07, 6.45) is 1.95. The summed E-state index contributed by atoms with van der Waals surface area (Å²) in [7, 11) is 0. The molecule has 52 valence electrons. The standard InChI is InChI=1S/C8H15N/c1-4-7-8-9(5-2)6-3/h7H,1,5-6,8H2,2-3H3. The predicted molar refractivity (Wildman–Crippen MR) is 41.5 cm³/mol. The van der Waals surface area contributed by atoms with Crippen molar-refractivity contribution >= 4 is 0 Å². The van der Waals surface area contributed by atoms with Gasteiger partial charge in [-0.25, -0.2) is 0 Å². The molecule has 0 unspecified atom stereocenters. The molecule has 0 atom stereocenters. The zero-order valence-corrected chi connectivity index (χ0v) is 6.35. The summed E-state index contributed by atoms with van der Waals surface area (Å²) in [5, 5.41) is 0. The molecule has 0 aromatic carbocycles. The van der Waals surface area contributed by atoms with Crippen molar-refractivity contribution in [3.8, 4) is 0 Å². The lowest BCUT2D eigenvalue weighted by atomic mass is 10.4. The molecule has 0 saturated heterocycles. The van der Waals surface area contributed by atoms with E-state index in [1.165, 1.54) is 0 Å². The largest absolute Gasteiger partial charge is 0.300 e. The van der Waals surface area contributed by atoms with Crippen LogP contribution in [0.3, 0.4) is 0 Å². The van der Waals surface area contributed by atoms with Crippen molar-refractivity contribution in [2.45, 2.75) is 13.8 Å². The second-order valence-corrected chi connectivity index (χ2v) is 1.89. The molecule has 0 rings (SSSR count). The third kappa shape index (κ3) is 4.01. The van der Waals surface area contributed by atoms with E-state index in [0.29, 0.717) is 0 Å². The smallest absolute Gasteiger partial charge is 0.0237 e. The molecule has 1 heteroatoms. The molecule has 0 aliphatic carbocycles. The first kappa shape index (κ1) is 8.48. The van der Waals surface area contributed by atoms with Crippen LogP contribution in [-0.2, 0) is 0 Å². The van der Waals surface area contributed by atoms with E-state index in [2.05, 4.69) is 31.1 Å². The first-order valence-corrected chi connectivity index (χ1v) is 3.41. The summed E-state index contributed by atoms with van der Waals surface area (Å²) in [5.41, 5.74) is 2.75. The second kappa shape index (κ2) is 5.61. The van der Waals surface area contributed by atoms with Crippen molar-refractivity contribution in [2.75, 3.05) is 19.6 Å². The Kier molecular flexibility index (Phi) is 5.29. The fourth-order valence-corrected chi connectivity index (χ4v) is 0.675. The second-order valence-electron chi connectivity index (χ2n) is 1.89. The molecule has 0 aliphatic heterocycles. The number of nitrogens with zero attached hydrogens (tertiary/aromatic N) is 1. The van der Waals surface area contributed by atoms with Crippen molar-refractivity contribution in [1.82, 2.24) is 4.90 Å². The van der Waals surface area contributed by atoms with Crippen LogP contribution in [0, 0.1) is 0 Å². The topological polar surface area (TPSA) is 3.24 Å². The molecule has 0 fully saturated rings. The van der Waals surface area contributed by atoms with Gasteiger partial charge in [-0.2, -0.15) is 0 Å². The maximum absolute atomic E-state index is 3.49. The zero-order valence-electron chi connectivity index (χ0n) is 6.35. The Morgan fingerprint density at radius 3 is 2.33 bits per heavy atom. The van der Waals surface area contributed by atoms with Crippen LogP contribution >= 0.6 is 0 Å². The molecule has 0 bridgehead atoms. The van der Waals surface area contributed by atoms with Crippen molar-refractivity contribution in [2.24, 2.45) is 0 Å². The maximum Gasteiger partial charge on any atom is 0.0237 e. The maximum atomic E-state index is 3.49. The van der Waals surface area contributed by atoms with Crippen molar-refractivity contribution < 1.29 is 0 Å². The van der Waals surface area contributed by atoms with Gasteiger partial charge < -0.3 is 0 Å². The van der Waals surface area contributed by atoms with E-state index < -0.39 is 0 Å². The first-order chi connectivity index (χ1) is 4.35. The van der Waals surface area contributed by atoms with Gasteiger partial charge in [0.25, 0.3) is 0 Å². The van der Waals surface area contributed by atoms with Crippen LogP contribution in [0.1, 0.15) is 13.8 Å². The van der Waals surface area contributed by atoms with Crippen molar-refractivity contribution in [3.63, 3.8) is 0 Å². The Morgan fingerprint density at radius 2 is 2.00 bits per heavy atom. The number of hydrogen-bond donors (Lipinski definition) is 0. The molecular formula is C8H15N. The molecule has 0 heterocycles. The van der Waals surface area contributed by atoms with Crippen molar-refractivity contribution in [1.29, 1.82) is 0 Å². The van der Waals surface area contributed by atoms with Gasteiger partial charge in [0.1, 0.15) is 0 Å². The Bertz CT molecular complexity index is 97.1. The van der Waals surface area contributed by atoms with Gasteiger partial charge in [0.2, 0.25) is 0 Å². The quantitative estimate of drug-likeness (QED) is 0.517. The highest BCUT2D eigenvalue weighted by molar-refractivity contribution is 4.79. The molecule has 0 aliphatic rings. The molecule has 0 radical (unpaired) electrons. The Balaban J connectivity index is 3.42. The normalized spacial score (nSPS) is 9.22. The van der Waals surface area contributed by atoms with Gasteiger partial charge in [-0.05, 0) is 19.2 Å². The fraction of sp³-hybridized carbons (Fsp3) is 0.625. The van der Waals surface area contributed by atoms with Crippen LogP contribution in [0.2, 0.25) is 0 Å². The summed E-state index contributed by atoms with van der Waals surface area (Å²) < 4.78 is 0. The third-order valence-corrected chi connectivity index (χ3v) is 1.39. The highest BCUT2D eigenvalue weighted by Crippen LogP contribution is 1.84. The highest BCUT2D eigenvalue weighted by atomic mass is 15.1.